The van der Waals surface area contributed by atoms with Crippen molar-refractivity contribution < 1.29 is 9.52 Å². The van der Waals surface area contributed by atoms with Crippen molar-refractivity contribution >= 4 is 11.3 Å². The van der Waals surface area contributed by atoms with Crippen LogP contribution in [0.1, 0.15) is 28.3 Å². The highest BCUT2D eigenvalue weighted by Gasteiger charge is 2.13. The van der Waals surface area contributed by atoms with Gasteiger partial charge in [0.25, 0.3) is 0 Å². The van der Waals surface area contributed by atoms with E-state index < -0.39 is 6.10 Å². The Bertz CT molecular complexity index is 389. The molecule has 2 rings (SSSR count). The number of hydrogen-bond acceptors (Lipinski definition) is 3. The number of aliphatic hydroxyl groups excluding tert-OH is 1. The molecule has 0 saturated heterocycles. The summed E-state index contributed by atoms with van der Waals surface area (Å²) in [5.74, 6) is 0. The van der Waals surface area contributed by atoms with Crippen LogP contribution in [0.25, 0.3) is 0 Å². The summed E-state index contributed by atoms with van der Waals surface area (Å²) in [7, 11) is 0. The van der Waals surface area contributed by atoms with Crippen molar-refractivity contribution in [3.63, 3.8) is 0 Å². The van der Waals surface area contributed by atoms with Gasteiger partial charge in [-0.25, -0.2) is 0 Å². The smallest absolute Gasteiger partial charge is 0.116 e. The molecule has 0 spiro atoms. The summed E-state index contributed by atoms with van der Waals surface area (Å²) < 4.78 is 4.93. The molecule has 0 radical (unpaired) electrons. The van der Waals surface area contributed by atoms with E-state index in [1.54, 1.807) is 29.9 Å². The molecule has 0 amide bonds. The van der Waals surface area contributed by atoms with Crippen molar-refractivity contribution in [2.75, 3.05) is 0 Å². The molecule has 2 heterocycles. The third-order valence-corrected chi connectivity index (χ3v) is 3.44. The van der Waals surface area contributed by atoms with E-state index in [0.717, 1.165) is 16.9 Å². The standard InChI is InChI=1S/C11H12O2S/c1-2-9-3-4-10(14-9)11(12)8-5-6-13-7-8/h3-7,11-12H,2H2,1H3. The molecular weight excluding hydrogens is 196 g/mol. The molecule has 1 N–H and O–H groups in total. The van der Waals surface area contributed by atoms with E-state index in [4.69, 9.17) is 4.42 Å². The van der Waals surface area contributed by atoms with Gasteiger partial charge in [-0.2, -0.15) is 0 Å². The number of thiophene rings is 1. The minimum atomic E-state index is -0.543. The third kappa shape index (κ3) is 1.74. The highest BCUT2D eigenvalue weighted by molar-refractivity contribution is 7.12. The second-order valence-corrected chi connectivity index (χ2v) is 4.32. The Morgan fingerprint density at radius 2 is 2.29 bits per heavy atom. The molecule has 0 aliphatic rings. The fraction of sp³-hybridized carbons (Fsp3) is 0.273. The summed E-state index contributed by atoms with van der Waals surface area (Å²) >= 11 is 1.65. The van der Waals surface area contributed by atoms with Gasteiger partial charge in [0.15, 0.2) is 0 Å². The molecule has 2 aromatic heterocycles. The summed E-state index contributed by atoms with van der Waals surface area (Å²) in [5, 5.41) is 9.94. The number of aryl methyl sites for hydroxylation is 1. The maximum absolute atomic E-state index is 9.94. The Morgan fingerprint density at radius 3 is 2.86 bits per heavy atom. The molecule has 0 aliphatic carbocycles. The van der Waals surface area contributed by atoms with Gasteiger partial charge in [-0.1, -0.05) is 6.92 Å². The predicted molar refractivity (Wildman–Crippen MR) is 56.5 cm³/mol. The van der Waals surface area contributed by atoms with Gasteiger partial charge in [-0.05, 0) is 24.6 Å². The van der Waals surface area contributed by atoms with Crippen molar-refractivity contribution in [2.45, 2.75) is 19.4 Å². The van der Waals surface area contributed by atoms with Gasteiger partial charge in [0.1, 0.15) is 6.10 Å². The predicted octanol–water partition coefficient (Wildman–Crippen LogP) is 2.99. The van der Waals surface area contributed by atoms with E-state index in [9.17, 15) is 5.11 Å². The van der Waals surface area contributed by atoms with Crippen molar-refractivity contribution in [1.82, 2.24) is 0 Å². The maximum Gasteiger partial charge on any atom is 0.116 e. The third-order valence-electron chi connectivity index (χ3n) is 2.16. The van der Waals surface area contributed by atoms with Crippen molar-refractivity contribution in [3.8, 4) is 0 Å². The molecule has 14 heavy (non-hydrogen) atoms. The minimum absolute atomic E-state index is 0.543. The summed E-state index contributed by atoms with van der Waals surface area (Å²) in [6, 6.07) is 5.82. The largest absolute Gasteiger partial charge is 0.472 e. The first kappa shape index (κ1) is 9.49. The van der Waals surface area contributed by atoms with Crippen LogP contribution in [0.15, 0.2) is 35.1 Å². The second kappa shape index (κ2) is 3.98. The number of rotatable bonds is 3. The first-order chi connectivity index (χ1) is 6.81. The lowest BCUT2D eigenvalue weighted by molar-refractivity contribution is 0.223. The van der Waals surface area contributed by atoms with Crippen LogP contribution in [0.4, 0.5) is 0 Å². The normalized spacial score (nSPS) is 13.0. The fourth-order valence-corrected chi connectivity index (χ4v) is 2.29. The average molecular weight is 208 g/mol. The van der Waals surface area contributed by atoms with Gasteiger partial charge in [0.2, 0.25) is 0 Å². The maximum atomic E-state index is 9.94. The zero-order valence-electron chi connectivity index (χ0n) is 7.93. The zero-order chi connectivity index (χ0) is 9.97. The Morgan fingerprint density at radius 1 is 1.43 bits per heavy atom. The molecular formula is C11H12O2S. The SMILES string of the molecule is CCc1ccc(C(O)c2ccoc2)s1. The van der Waals surface area contributed by atoms with Crippen LogP contribution in [0, 0.1) is 0 Å². The number of aliphatic hydroxyl groups is 1. The lowest BCUT2D eigenvalue weighted by Gasteiger charge is -2.03. The van der Waals surface area contributed by atoms with Crippen molar-refractivity contribution in [1.29, 1.82) is 0 Å². The van der Waals surface area contributed by atoms with Gasteiger partial charge in [0.05, 0.1) is 12.5 Å². The Labute approximate surface area is 86.8 Å². The second-order valence-electron chi connectivity index (χ2n) is 3.12. The van der Waals surface area contributed by atoms with Gasteiger partial charge in [-0.3, -0.25) is 0 Å². The molecule has 0 aromatic carbocycles. The number of furan rings is 1. The highest BCUT2D eigenvalue weighted by Crippen LogP contribution is 2.28. The van der Waals surface area contributed by atoms with Crippen LogP contribution in [-0.4, -0.2) is 5.11 Å². The molecule has 2 aromatic rings. The lowest BCUT2D eigenvalue weighted by atomic mass is 10.2. The van der Waals surface area contributed by atoms with Gasteiger partial charge in [-0.15, -0.1) is 11.3 Å². The molecule has 0 saturated carbocycles. The minimum Gasteiger partial charge on any atom is -0.472 e. The molecule has 1 unspecified atom stereocenters. The first-order valence-electron chi connectivity index (χ1n) is 4.60. The van der Waals surface area contributed by atoms with E-state index in [1.807, 2.05) is 6.07 Å². The van der Waals surface area contributed by atoms with E-state index in [0.29, 0.717) is 0 Å². The van der Waals surface area contributed by atoms with Crippen LogP contribution in [0.5, 0.6) is 0 Å². The molecule has 1 atom stereocenters. The van der Waals surface area contributed by atoms with E-state index in [-0.39, 0.29) is 0 Å². The van der Waals surface area contributed by atoms with Crippen LogP contribution in [0.2, 0.25) is 0 Å². The van der Waals surface area contributed by atoms with Crippen molar-refractivity contribution in [2.24, 2.45) is 0 Å². The van der Waals surface area contributed by atoms with Crippen molar-refractivity contribution in [3.05, 3.63) is 46.0 Å². The summed E-state index contributed by atoms with van der Waals surface area (Å²) in [5.41, 5.74) is 0.814. The van der Waals surface area contributed by atoms with Gasteiger partial charge in [0, 0.05) is 15.3 Å². The monoisotopic (exact) mass is 208 g/mol. The molecule has 74 valence electrons. The fourth-order valence-electron chi connectivity index (χ4n) is 1.33. The molecule has 2 nitrogen and oxygen atoms in total. The van der Waals surface area contributed by atoms with E-state index in [1.165, 1.54) is 4.88 Å². The van der Waals surface area contributed by atoms with Gasteiger partial charge < -0.3 is 9.52 Å². The van der Waals surface area contributed by atoms with E-state index in [2.05, 4.69) is 13.0 Å². The van der Waals surface area contributed by atoms with E-state index >= 15 is 0 Å². The quantitative estimate of drug-likeness (QED) is 0.841. The average Bonchev–Trinajstić information content (AvgIpc) is 2.88. The van der Waals surface area contributed by atoms with Crippen LogP contribution >= 0.6 is 11.3 Å². The Balaban J connectivity index is 2.23. The summed E-state index contributed by atoms with van der Waals surface area (Å²) in [6.45, 7) is 2.11. The topological polar surface area (TPSA) is 33.4 Å². The van der Waals surface area contributed by atoms with Crippen LogP contribution in [-0.2, 0) is 6.42 Å². The Kier molecular flexibility index (Phi) is 2.70. The highest BCUT2D eigenvalue weighted by atomic mass is 32.1. The molecule has 0 bridgehead atoms. The molecule has 3 heteroatoms. The summed E-state index contributed by atoms with van der Waals surface area (Å²) in [4.78, 5) is 2.27. The van der Waals surface area contributed by atoms with Crippen LogP contribution < -0.4 is 0 Å². The lowest BCUT2D eigenvalue weighted by Crippen LogP contribution is -1.93. The zero-order valence-corrected chi connectivity index (χ0v) is 8.75. The Hall–Kier alpha value is -1.06. The molecule has 0 fully saturated rings. The first-order valence-corrected chi connectivity index (χ1v) is 5.41. The van der Waals surface area contributed by atoms with Gasteiger partial charge >= 0.3 is 0 Å². The number of hydrogen-bond donors (Lipinski definition) is 1. The molecule has 0 aliphatic heterocycles. The summed E-state index contributed by atoms with van der Waals surface area (Å²) in [6.07, 6.45) is 3.63. The van der Waals surface area contributed by atoms with Crippen LogP contribution in [0.3, 0.4) is 0 Å².